The molecule has 2 aromatic carbocycles. The molecule has 0 fully saturated rings. The van der Waals surface area contributed by atoms with Gasteiger partial charge in [-0.2, -0.15) is 0 Å². The van der Waals surface area contributed by atoms with Gasteiger partial charge >= 0.3 is 5.63 Å². The van der Waals surface area contributed by atoms with Crippen molar-refractivity contribution >= 4 is 77.6 Å². The van der Waals surface area contributed by atoms with Crippen molar-refractivity contribution < 1.29 is 9.21 Å². The quantitative estimate of drug-likeness (QED) is 0.456. The lowest BCUT2D eigenvalue weighted by Crippen LogP contribution is -2.20. The van der Waals surface area contributed by atoms with E-state index in [-0.39, 0.29) is 10.6 Å². The highest BCUT2D eigenvalue weighted by Crippen LogP contribution is 2.29. The second-order valence-electron chi connectivity index (χ2n) is 4.83. The zero-order valence-corrected chi connectivity index (χ0v) is 16.4. The van der Waals surface area contributed by atoms with E-state index in [0.29, 0.717) is 26.2 Å². The van der Waals surface area contributed by atoms with Gasteiger partial charge in [0, 0.05) is 14.9 Å². The lowest BCUT2D eigenvalue weighted by atomic mass is 10.1. The molecule has 0 unspecified atom stereocenters. The fraction of sp³-hybridized carbons (Fsp3) is 0. The van der Waals surface area contributed by atoms with Crippen LogP contribution in [0.2, 0.25) is 10.0 Å². The van der Waals surface area contributed by atoms with Crippen LogP contribution in [0.5, 0.6) is 0 Å². The van der Waals surface area contributed by atoms with Gasteiger partial charge in [0.05, 0.1) is 15.2 Å². The highest BCUT2D eigenvalue weighted by Gasteiger charge is 2.16. The number of rotatable bonds is 2. The van der Waals surface area contributed by atoms with E-state index in [1.807, 2.05) is 0 Å². The zero-order chi connectivity index (χ0) is 17.4. The largest absolute Gasteiger partial charge is 0.421 e. The van der Waals surface area contributed by atoms with Gasteiger partial charge in [0.1, 0.15) is 5.56 Å². The molecule has 0 atom stereocenters. The van der Waals surface area contributed by atoms with Crippen molar-refractivity contribution in [2.75, 3.05) is 5.32 Å². The van der Waals surface area contributed by atoms with Crippen LogP contribution >= 0.6 is 55.1 Å². The van der Waals surface area contributed by atoms with Gasteiger partial charge in [0.15, 0.2) is 5.58 Å². The zero-order valence-electron chi connectivity index (χ0n) is 11.7. The summed E-state index contributed by atoms with van der Waals surface area (Å²) in [4.78, 5) is 24.5. The molecule has 1 amide bonds. The smallest absolute Gasteiger partial charge is 0.349 e. The number of nitrogens with one attached hydrogen (secondary N) is 1. The number of hydrogen-bond donors (Lipinski definition) is 1. The molecule has 24 heavy (non-hydrogen) atoms. The van der Waals surface area contributed by atoms with Crippen molar-refractivity contribution in [3.05, 3.63) is 71.4 Å². The number of fused-ring (bicyclic) bond motifs is 1. The standard InChI is InChI=1S/C16H7Br2Cl2NO3/c17-8-3-7-4-10(16(23)24-14(7)11(18)5-8)15(22)21-13-2-1-9(19)6-12(13)20/h1-6H,(H,21,22). The van der Waals surface area contributed by atoms with Crippen LogP contribution in [-0.4, -0.2) is 5.91 Å². The van der Waals surface area contributed by atoms with Gasteiger partial charge in [0.2, 0.25) is 0 Å². The Morgan fingerprint density at radius 1 is 1.08 bits per heavy atom. The maximum absolute atomic E-state index is 12.4. The van der Waals surface area contributed by atoms with Gasteiger partial charge in [-0.05, 0) is 52.3 Å². The number of halogens is 4. The number of benzene rings is 2. The first-order valence-electron chi connectivity index (χ1n) is 6.54. The van der Waals surface area contributed by atoms with Gasteiger partial charge in [0.25, 0.3) is 5.91 Å². The van der Waals surface area contributed by atoms with Crippen molar-refractivity contribution in [1.82, 2.24) is 0 Å². The fourth-order valence-electron chi connectivity index (χ4n) is 2.10. The van der Waals surface area contributed by atoms with Gasteiger partial charge in [-0.15, -0.1) is 0 Å². The summed E-state index contributed by atoms with van der Waals surface area (Å²) < 4.78 is 6.64. The van der Waals surface area contributed by atoms with Gasteiger partial charge in [-0.25, -0.2) is 4.79 Å². The Kier molecular flexibility index (Phi) is 5.01. The topological polar surface area (TPSA) is 59.3 Å². The fourth-order valence-corrected chi connectivity index (χ4v) is 3.89. The van der Waals surface area contributed by atoms with Crippen LogP contribution in [0.15, 0.2) is 54.6 Å². The molecule has 8 heteroatoms. The Hall–Kier alpha value is -1.34. The van der Waals surface area contributed by atoms with E-state index in [4.69, 9.17) is 27.6 Å². The van der Waals surface area contributed by atoms with Crippen LogP contribution < -0.4 is 10.9 Å². The predicted molar refractivity (Wildman–Crippen MR) is 102 cm³/mol. The summed E-state index contributed by atoms with van der Waals surface area (Å²) in [6.07, 6.45) is 0. The molecule has 1 heterocycles. The molecule has 0 saturated carbocycles. The Labute approximate surface area is 163 Å². The van der Waals surface area contributed by atoms with E-state index >= 15 is 0 Å². The van der Waals surface area contributed by atoms with Crippen molar-refractivity contribution in [2.24, 2.45) is 0 Å². The Morgan fingerprint density at radius 2 is 1.83 bits per heavy atom. The predicted octanol–water partition coefficient (Wildman–Crippen LogP) is 5.88. The van der Waals surface area contributed by atoms with Crippen molar-refractivity contribution in [3.8, 4) is 0 Å². The Bertz CT molecular complexity index is 1030. The van der Waals surface area contributed by atoms with E-state index in [1.165, 1.54) is 12.1 Å². The third-order valence-electron chi connectivity index (χ3n) is 3.18. The number of anilines is 1. The average molecular weight is 492 g/mol. The summed E-state index contributed by atoms with van der Waals surface area (Å²) in [6, 6.07) is 9.60. The van der Waals surface area contributed by atoms with E-state index in [2.05, 4.69) is 37.2 Å². The Morgan fingerprint density at radius 3 is 2.54 bits per heavy atom. The third-order valence-corrected chi connectivity index (χ3v) is 4.77. The molecule has 1 aromatic heterocycles. The van der Waals surface area contributed by atoms with Crippen LogP contribution in [0.3, 0.4) is 0 Å². The maximum atomic E-state index is 12.4. The lowest BCUT2D eigenvalue weighted by molar-refractivity contribution is 0.102. The number of carbonyl (C=O) groups is 1. The summed E-state index contributed by atoms with van der Waals surface area (Å²) in [5.41, 5.74) is -0.156. The molecule has 4 nitrogen and oxygen atoms in total. The Balaban J connectivity index is 2.03. The average Bonchev–Trinajstić information content (AvgIpc) is 2.50. The normalized spacial score (nSPS) is 10.8. The minimum absolute atomic E-state index is 0.126. The van der Waals surface area contributed by atoms with E-state index in [0.717, 1.165) is 4.47 Å². The molecule has 0 aliphatic heterocycles. The number of carbonyl (C=O) groups excluding carboxylic acids is 1. The van der Waals surface area contributed by atoms with Crippen LogP contribution in [0.4, 0.5) is 5.69 Å². The molecular weight excluding hydrogens is 485 g/mol. The second-order valence-corrected chi connectivity index (χ2v) is 7.45. The van der Waals surface area contributed by atoms with Crippen molar-refractivity contribution in [1.29, 1.82) is 0 Å². The first-order chi connectivity index (χ1) is 11.3. The van der Waals surface area contributed by atoms with Crippen LogP contribution in [0.25, 0.3) is 11.0 Å². The molecule has 0 aliphatic carbocycles. The molecule has 3 rings (SSSR count). The summed E-state index contributed by atoms with van der Waals surface area (Å²) >= 11 is 18.5. The van der Waals surface area contributed by atoms with E-state index in [9.17, 15) is 9.59 Å². The molecule has 1 N–H and O–H groups in total. The summed E-state index contributed by atoms with van der Waals surface area (Å²) in [7, 11) is 0. The highest BCUT2D eigenvalue weighted by atomic mass is 79.9. The van der Waals surface area contributed by atoms with Gasteiger partial charge in [-0.1, -0.05) is 39.1 Å². The monoisotopic (exact) mass is 489 g/mol. The van der Waals surface area contributed by atoms with Crippen LogP contribution in [0.1, 0.15) is 10.4 Å². The van der Waals surface area contributed by atoms with Gasteiger partial charge < -0.3 is 9.73 Å². The van der Waals surface area contributed by atoms with E-state index in [1.54, 1.807) is 24.3 Å². The first-order valence-corrected chi connectivity index (χ1v) is 8.88. The summed E-state index contributed by atoms with van der Waals surface area (Å²) in [5.74, 6) is -0.619. The number of hydrogen-bond acceptors (Lipinski definition) is 3. The molecule has 3 aromatic rings. The van der Waals surface area contributed by atoms with Crippen LogP contribution in [-0.2, 0) is 0 Å². The maximum Gasteiger partial charge on any atom is 0.349 e. The molecule has 0 radical (unpaired) electrons. The summed E-state index contributed by atoms with van der Waals surface area (Å²) in [5, 5.41) is 3.89. The highest BCUT2D eigenvalue weighted by molar-refractivity contribution is 9.11. The number of amides is 1. The molecule has 0 bridgehead atoms. The summed E-state index contributed by atoms with van der Waals surface area (Å²) in [6.45, 7) is 0. The van der Waals surface area contributed by atoms with Crippen LogP contribution in [0, 0.1) is 0 Å². The third kappa shape index (κ3) is 3.52. The van der Waals surface area contributed by atoms with Crippen molar-refractivity contribution in [3.63, 3.8) is 0 Å². The minimum Gasteiger partial charge on any atom is -0.421 e. The molecule has 0 saturated heterocycles. The molecule has 0 aliphatic rings. The SMILES string of the molecule is O=C(Nc1ccc(Cl)cc1Cl)c1cc2cc(Br)cc(Br)c2oc1=O. The first kappa shape index (κ1) is 17.5. The minimum atomic E-state index is -0.742. The second kappa shape index (κ2) is 6.88. The lowest BCUT2D eigenvalue weighted by Gasteiger charge is -2.08. The van der Waals surface area contributed by atoms with Crippen molar-refractivity contribution in [2.45, 2.75) is 0 Å². The molecular formula is C16H7Br2Cl2NO3. The molecule has 0 spiro atoms. The molecule has 122 valence electrons. The van der Waals surface area contributed by atoms with Gasteiger partial charge in [-0.3, -0.25) is 4.79 Å². The van der Waals surface area contributed by atoms with E-state index < -0.39 is 11.5 Å².